The number of hydrogen-bond donors (Lipinski definition) is 2. The first-order valence-corrected chi connectivity index (χ1v) is 10.5. The summed E-state index contributed by atoms with van der Waals surface area (Å²) in [6.45, 7) is 5.31. The number of nitrogens with one attached hydrogen (secondary N) is 2. The van der Waals surface area contributed by atoms with Crippen molar-refractivity contribution in [2.45, 2.75) is 25.7 Å². The van der Waals surface area contributed by atoms with Crippen LogP contribution in [0.15, 0.2) is 35.2 Å². The third-order valence-electron chi connectivity index (χ3n) is 4.40. The van der Waals surface area contributed by atoms with Gasteiger partial charge in [0.2, 0.25) is 5.95 Å². The number of aryl methyl sites for hydroxylation is 3. The van der Waals surface area contributed by atoms with Gasteiger partial charge in [0.05, 0.1) is 11.4 Å². The lowest BCUT2D eigenvalue weighted by molar-refractivity contribution is 0.599. The molecule has 0 aliphatic heterocycles. The van der Waals surface area contributed by atoms with Crippen molar-refractivity contribution >= 4 is 33.2 Å². The molecule has 0 aliphatic carbocycles. The van der Waals surface area contributed by atoms with E-state index in [1.54, 1.807) is 49.8 Å². The van der Waals surface area contributed by atoms with E-state index in [0.717, 1.165) is 17.2 Å². The second kappa shape index (κ2) is 7.70. The lowest BCUT2D eigenvalue weighted by Gasteiger charge is -2.14. The maximum atomic E-state index is 12.8. The van der Waals surface area contributed by atoms with Crippen molar-refractivity contribution in [1.82, 2.24) is 19.7 Å². The summed E-state index contributed by atoms with van der Waals surface area (Å²) in [6.07, 6.45) is 0. The predicted octanol–water partition coefficient (Wildman–Crippen LogP) is 2.75. The van der Waals surface area contributed by atoms with Crippen molar-refractivity contribution in [3.63, 3.8) is 0 Å². The third kappa shape index (κ3) is 4.48. The van der Waals surface area contributed by atoms with Crippen molar-refractivity contribution in [2.24, 2.45) is 7.05 Å². The highest BCUT2D eigenvalue weighted by atomic mass is 32.2. The van der Waals surface area contributed by atoms with Gasteiger partial charge in [-0.1, -0.05) is 0 Å². The lowest BCUT2D eigenvalue weighted by atomic mass is 10.3. The van der Waals surface area contributed by atoms with E-state index < -0.39 is 10.0 Å². The van der Waals surface area contributed by atoms with E-state index in [-0.39, 0.29) is 4.90 Å². The Bertz CT molecular complexity index is 1140. The zero-order valence-corrected chi connectivity index (χ0v) is 18.2. The van der Waals surface area contributed by atoms with Gasteiger partial charge in [-0.2, -0.15) is 10.1 Å². The summed E-state index contributed by atoms with van der Waals surface area (Å²) in [5.74, 6) is 1.27. The molecular formula is C19H25N7O2S. The highest BCUT2D eigenvalue weighted by Crippen LogP contribution is 2.24. The Hall–Kier alpha value is -3.14. The second-order valence-electron chi connectivity index (χ2n) is 7.02. The molecule has 1 aromatic carbocycles. The van der Waals surface area contributed by atoms with E-state index in [9.17, 15) is 8.42 Å². The molecule has 0 amide bonds. The Kier molecular flexibility index (Phi) is 5.47. The molecule has 29 heavy (non-hydrogen) atoms. The first-order valence-electron chi connectivity index (χ1n) is 9.00. The summed E-state index contributed by atoms with van der Waals surface area (Å²) in [5.41, 5.74) is 3.10. The molecule has 9 nitrogen and oxygen atoms in total. The van der Waals surface area contributed by atoms with Gasteiger partial charge in [0.25, 0.3) is 10.0 Å². The van der Waals surface area contributed by atoms with E-state index in [4.69, 9.17) is 0 Å². The first-order chi connectivity index (χ1) is 13.6. The average molecular weight is 416 g/mol. The zero-order valence-electron chi connectivity index (χ0n) is 17.3. The molecule has 2 heterocycles. The summed E-state index contributed by atoms with van der Waals surface area (Å²) < 4.78 is 29.7. The zero-order chi connectivity index (χ0) is 21.3. The molecule has 0 fully saturated rings. The molecule has 3 aromatic rings. The number of nitrogens with zero attached hydrogens (tertiary/aromatic N) is 5. The second-order valence-corrected chi connectivity index (χ2v) is 8.64. The quantitative estimate of drug-likeness (QED) is 0.638. The molecule has 0 radical (unpaired) electrons. The minimum Gasteiger partial charge on any atom is -0.363 e. The molecule has 0 bridgehead atoms. The number of anilines is 4. The predicted molar refractivity (Wildman–Crippen MR) is 114 cm³/mol. The smallest absolute Gasteiger partial charge is 0.265 e. The van der Waals surface area contributed by atoms with Crippen LogP contribution in [-0.4, -0.2) is 42.3 Å². The van der Waals surface area contributed by atoms with Crippen LogP contribution in [0.4, 0.5) is 23.1 Å². The summed E-state index contributed by atoms with van der Waals surface area (Å²) in [4.78, 5) is 10.9. The van der Waals surface area contributed by atoms with Crippen LogP contribution >= 0.6 is 0 Å². The Balaban J connectivity index is 1.79. The first kappa shape index (κ1) is 20.6. The average Bonchev–Trinajstić information content (AvgIpc) is 2.88. The van der Waals surface area contributed by atoms with E-state index in [0.29, 0.717) is 23.0 Å². The fourth-order valence-electron chi connectivity index (χ4n) is 2.94. The molecule has 10 heteroatoms. The van der Waals surface area contributed by atoms with Crippen LogP contribution in [0.5, 0.6) is 0 Å². The maximum Gasteiger partial charge on any atom is 0.265 e. The standard InChI is InChI=1S/C19H25N7O2S/c1-12-11-17(25(4)5)22-19(20-12)21-15-7-9-16(10-8-15)24-29(27,28)18-13(2)23-26(6)14(18)3/h7-11,24H,1-6H3,(H,20,21,22). The van der Waals surface area contributed by atoms with Crippen molar-refractivity contribution in [1.29, 1.82) is 0 Å². The minimum atomic E-state index is -3.73. The summed E-state index contributed by atoms with van der Waals surface area (Å²) >= 11 is 0. The summed E-state index contributed by atoms with van der Waals surface area (Å²) in [6, 6.07) is 8.79. The molecule has 0 aliphatic rings. The topological polar surface area (TPSA) is 105 Å². The van der Waals surface area contributed by atoms with Crippen LogP contribution in [0.3, 0.4) is 0 Å². The SMILES string of the molecule is Cc1cc(N(C)C)nc(Nc2ccc(NS(=O)(=O)c3c(C)nn(C)c3C)cc2)n1. The van der Waals surface area contributed by atoms with Gasteiger partial charge in [0, 0.05) is 44.3 Å². The fraction of sp³-hybridized carbons (Fsp3) is 0.316. The van der Waals surface area contributed by atoms with Crippen LogP contribution in [-0.2, 0) is 17.1 Å². The van der Waals surface area contributed by atoms with Gasteiger partial charge in [0.1, 0.15) is 10.7 Å². The number of benzene rings is 1. The van der Waals surface area contributed by atoms with Gasteiger partial charge in [0.15, 0.2) is 0 Å². The van der Waals surface area contributed by atoms with E-state index in [2.05, 4.69) is 25.1 Å². The molecule has 0 atom stereocenters. The van der Waals surface area contributed by atoms with Crippen LogP contribution in [0.2, 0.25) is 0 Å². The molecular weight excluding hydrogens is 390 g/mol. The Morgan fingerprint density at radius 1 is 1.00 bits per heavy atom. The van der Waals surface area contributed by atoms with Crippen LogP contribution in [0.1, 0.15) is 17.1 Å². The molecule has 2 N–H and O–H groups in total. The third-order valence-corrected chi connectivity index (χ3v) is 6.04. The van der Waals surface area contributed by atoms with Crippen molar-refractivity contribution in [3.05, 3.63) is 47.4 Å². The van der Waals surface area contributed by atoms with Crippen molar-refractivity contribution in [3.8, 4) is 0 Å². The van der Waals surface area contributed by atoms with Gasteiger partial charge in [-0.05, 0) is 45.0 Å². The Morgan fingerprint density at radius 2 is 1.62 bits per heavy atom. The Morgan fingerprint density at radius 3 is 2.17 bits per heavy atom. The molecule has 0 saturated carbocycles. The molecule has 0 spiro atoms. The highest BCUT2D eigenvalue weighted by Gasteiger charge is 2.23. The van der Waals surface area contributed by atoms with Crippen LogP contribution < -0.4 is 14.9 Å². The molecule has 0 unspecified atom stereocenters. The van der Waals surface area contributed by atoms with Crippen molar-refractivity contribution in [2.75, 3.05) is 29.0 Å². The molecule has 0 saturated heterocycles. The number of rotatable bonds is 6. The highest BCUT2D eigenvalue weighted by molar-refractivity contribution is 7.92. The van der Waals surface area contributed by atoms with Crippen LogP contribution in [0.25, 0.3) is 0 Å². The molecule has 3 rings (SSSR count). The van der Waals surface area contributed by atoms with Gasteiger partial charge >= 0.3 is 0 Å². The number of sulfonamides is 1. The van der Waals surface area contributed by atoms with Gasteiger partial charge in [-0.15, -0.1) is 0 Å². The largest absolute Gasteiger partial charge is 0.363 e. The molecule has 154 valence electrons. The van der Waals surface area contributed by atoms with Gasteiger partial charge in [-0.3, -0.25) is 9.40 Å². The van der Waals surface area contributed by atoms with E-state index >= 15 is 0 Å². The number of aromatic nitrogens is 4. The monoisotopic (exact) mass is 415 g/mol. The molecule has 2 aromatic heterocycles. The lowest BCUT2D eigenvalue weighted by Crippen LogP contribution is -2.15. The summed E-state index contributed by atoms with van der Waals surface area (Å²) in [7, 11) is 1.82. The fourth-order valence-corrected chi connectivity index (χ4v) is 4.44. The van der Waals surface area contributed by atoms with Gasteiger partial charge in [-0.25, -0.2) is 13.4 Å². The Labute approximate surface area is 170 Å². The number of hydrogen-bond acceptors (Lipinski definition) is 7. The van der Waals surface area contributed by atoms with E-state index in [1.165, 1.54) is 0 Å². The van der Waals surface area contributed by atoms with Crippen molar-refractivity contribution < 1.29 is 8.42 Å². The normalized spacial score (nSPS) is 11.4. The maximum absolute atomic E-state index is 12.8. The minimum absolute atomic E-state index is 0.201. The van der Waals surface area contributed by atoms with Crippen LogP contribution in [0, 0.1) is 20.8 Å². The van der Waals surface area contributed by atoms with E-state index in [1.807, 2.05) is 32.0 Å². The summed E-state index contributed by atoms with van der Waals surface area (Å²) in [5, 5.41) is 7.32. The van der Waals surface area contributed by atoms with Gasteiger partial charge < -0.3 is 10.2 Å².